The Morgan fingerprint density at radius 2 is 1.56 bits per heavy atom. The van der Waals surface area contributed by atoms with Crippen molar-refractivity contribution in [2.24, 2.45) is 5.41 Å². The Balaban J connectivity index is 0. The molecule has 0 amide bonds. The molecule has 0 aromatic heterocycles. The first-order valence-electron chi connectivity index (χ1n) is 3.31. The van der Waals surface area contributed by atoms with Crippen LogP contribution in [0.1, 0.15) is 41.0 Å². The van der Waals surface area contributed by atoms with Crippen LogP contribution in [-0.4, -0.2) is 0 Å². The summed E-state index contributed by atoms with van der Waals surface area (Å²) < 4.78 is 0. The van der Waals surface area contributed by atoms with Crippen molar-refractivity contribution in [2.45, 2.75) is 41.0 Å². The summed E-state index contributed by atoms with van der Waals surface area (Å²) in [5.74, 6) is 1.53. The Hall–Kier alpha value is 1.10. The van der Waals surface area contributed by atoms with E-state index in [2.05, 4.69) is 34.6 Å². The Morgan fingerprint density at radius 3 is 1.56 bits per heavy atom. The van der Waals surface area contributed by atoms with Crippen molar-refractivity contribution in [3.63, 3.8) is 0 Å². The maximum atomic E-state index is 2.28. The van der Waals surface area contributed by atoms with Gasteiger partial charge in [-0.2, -0.15) is 19.3 Å². The van der Waals surface area contributed by atoms with Gasteiger partial charge in [0.25, 0.3) is 0 Å². The first-order valence-corrected chi connectivity index (χ1v) is 3.31. The van der Waals surface area contributed by atoms with Crippen LogP contribution in [-0.2, 0) is 32.7 Å². The SMILES string of the molecule is CCC(C)(C)[C-](C)C.[Y]. The van der Waals surface area contributed by atoms with E-state index in [0.717, 1.165) is 0 Å². The van der Waals surface area contributed by atoms with Crippen LogP contribution in [0.2, 0.25) is 0 Å². The van der Waals surface area contributed by atoms with Crippen LogP contribution in [0.25, 0.3) is 0 Å². The fourth-order valence-corrected chi connectivity index (χ4v) is 0.354. The Labute approximate surface area is 84.7 Å². The van der Waals surface area contributed by atoms with Crippen LogP contribution < -0.4 is 0 Å². The molecule has 0 fully saturated rings. The predicted molar refractivity (Wildman–Crippen MR) is 38.7 cm³/mol. The van der Waals surface area contributed by atoms with Gasteiger partial charge in [0.05, 0.1) is 0 Å². The summed E-state index contributed by atoms with van der Waals surface area (Å²) in [6.07, 6.45) is 1.25. The van der Waals surface area contributed by atoms with E-state index in [1.165, 1.54) is 12.3 Å². The van der Waals surface area contributed by atoms with Gasteiger partial charge in [-0.15, -0.1) is 0 Å². The summed E-state index contributed by atoms with van der Waals surface area (Å²) in [4.78, 5) is 0. The average molecular weight is 202 g/mol. The molecule has 9 heavy (non-hydrogen) atoms. The third kappa shape index (κ3) is 4.50. The Kier molecular flexibility index (Phi) is 6.87. The molecule has 0 aromatic rings. The molecule has 1 radical (unpaired) electrons. The first kappa shape index (κ1) is 12.8. The molecular formula is C8H17Y-. The van der Waals surface area contributed by atoms with Crippen molar-refractivity contribution in [1.29, 1.82) is 0 Å². The second kappa shape index (κ2) is 4.85. The fraction of sp³-hybridized carbons (Fsp3) is 0.875. The summed E-state index contributed by atoms with van der Waals surface area (Å²) in [6, 6.07) is 0. The molecule has 0 saturated carbocycles. The van der Waals surface area contributed by atoms with Gasteiger partial charge in [0, 0.05) is 32.7 Å². The molecule has 0 aliphatic heterocycles. The molecule has 0 spiro atoms. The van der Waals surface area contributed by atoms with Gasteiger partial charge in [-0.25, -0.2) is 0 Å². The van der Waals surface area contributed by atoms with Gasteiger partial charge in [0.2, 0.25) is 0 Å². The number of hydrogen-bond acceptors (Lipinski definition) is 0. The molecule has 0 aliphatic rings. The largest absolute Gasteiger partial charge is 0.314 e. The fourth-order valence-electron chi connectivity index (χ4n) is 0.354. The monoisotopic (exact) mass is 202 g/mol. The Morgan fingerprint density at radius 1 is 1.22 bits per heavy atom. The molecule has 0 N–H and O–H groups in total. The van der Waals surface area contributed by atoms with Crippen LogP contribution in [0, 0.1) is 11.3 Å². The maximum absolute atomic E-state index is 2.28. The molecule has 0 bridgehead atoms. The molecule has 0 nitrogen and oxygen atoms in total. The predicted octanol–water partition coefficient (Wildman–Crippen LogP) is 3.03. The van der Waals surface area contributed by atoms with E-state index in [4.69, 9.17) is 0 Å². The average Bonchev–Trinajstić information content (AvgIpc) is 1.67. The van der Waals surface area contributed by atoms with Crippen LogP contribution in [0.15, 0.2) is 0 Å². The first-order chi connectivity index (χ1) is 3.50. The van der Waals surface area contributed by atoms with Crippen LogP contribution >= 0.6 is 0 Å². The van der Waals surface area contributed by atoms with E-state index < -0.39 is 0 Å². The molecule has 0 unspecified atom stereocenters. The zero-order chi connectivity index (χ0) is 6.78. The third-order valence-corrected chi connectivity index (χ3v) is 2.24. The zero-order valence-electron chi connectivity index (χ0n) is 7.28. The van der Waals surface area contributed by atoms with E-state index in [0.29, 0.717) is 5.41 Å². The maximum Gasteiger partial charge on any atom is 0 e. The van der Waals surface area contributed by atoms with Crippen LogP contribution in [0.4, 0.5) is 0 Å². The molecule has 0 rings (SSSR count). The molecule has 1 heteroatoms. The molecule has 0 aromatic carbocycles. The molecule has 53 valence electrons. The van der Waals surface area contributed by atoms with Crippen molar-refractivity contribution in [3.8, 4) is 0 Å². The second-order valence-corrected chi connectivity index (χ2v) is 3.24. The van der Waals surface area contributed by atoms with Crippen LogP contribution in [0.5, 0.6) is 0 Å². The van der Waals surface area contributed by atoms with Crippen molar-refractivity contribution in [2.75, 3.05) is 0 Å². The topological polar surface area (TPSA) is 0 Å². The summed E-state index contributed by atoms with van der Waals surface area (Å²) in [6.45, 7) is 11.2. The number of hydrogen-bond donors (Lipinski definition) is 0. The van der Waals surface area contributed by atoms with Crippen molar-refractivity contribution >= 4 is 0 Å². The van der Waals surface area contributed by atoms with Gasteiger partial charge in [-0.1, -0.05) is 27.2 Å². The molecule has 0 atom stereocenters. The minimum Gasteiger partial charge on any atom is -0.314 e. The second-order valence-electron chi connectivity index (χ2n) is 3.24. The summed E-state index contributed by atoms with van der Waals surface area (Å²) in [5.41, 5.74) is 0.458. The van der Waals surface area contributed by atoms with Gasteiger partial charge in [-0.3, -0.25) is 0 Å². The van der Waals surface area contributed by atoms with Crippen molar-refractivity contribution < 1.29 is 32.7 Å². The van der Waals surface area contributed by atoms with E-state index in [1.54, 1.807) is 0 Å². The van der Waals surface area contributed by atoms with Gasteiger partial charge < -0.3 is 5.92 Å². The van der Waals surface area contributed by atoms with E-state index in [9.17, 15) is 0 Å². The van der Waals surface area contributed by atoms with E-state index in [1.807, 2.05) is 0 Å². The number of rotatable bonds is 2. The van der Waals surface area contributed by atoms with Gasteiger partial charge in [0.15, 0.2) is 0 Å². The minimum atomic E-state index is 0. The molecule has 0 saturated heterocycles. The summed E-state index contributed by atoms with van der Waals surface area (Å²) in [7, 11) is 0. The smallest absolute Gasteiger partial charge is 0 e. The molecule has 0 heterocycles. The van der Waals surface area contributed by atoms with E-state index in [-0.39, 0.29) is 32.7 Å². The van der Waals surface area contributed by atoms with Gasteiger partial charge in [0.1, 0.15) is 0 Å². The quantitative estimate of drug-likeness (QED) is 0.603. The standard InChI is InChI=1S/C8H17.Y/c1-6-8(4,5)7(2)3;/h6H2,1-5H3;/q-1;. The van der Waals surface area contributed by atoms with Gasteiger partial charge >= 0.3 is 0 Å². The van der Waals surface area contributed by atoms with Crippen molar-refractivity contribution in [1.82, 2.24) is 0 Å². The van der Waals surface area contributed by atoms with Crippen molar-refractivity contribution in [3.05, 3.63) is 5.92 Å². The Bertz CT molecular complexity index is 65.0. The van der Waals surface area contributed by atoms with Crippen LogP contribution in [0.3, 0.4) is 0 Å². The summed E-state index contributed by atoms with van der Waals surface area (Å²) in [5, 5.41) is 0. The third-order valence-electron chi connectivity index (χ3n) is 2.24. The zero-order valence-corrected chi connectivity index (χ0v) is 10.1. The van der Waals surface area contributed by atoms with E-state index >= 15 is 0 Å². The summed E-state index contributed by atoms with van der Waals surface area (Å²) >= 11 is 0. The molecule has 0 aliphatic carbocycles. The van der Waals surface area contributed by atoms with Gasteiger partial charge in [-0.05, 0) is 0 Å². The molecular weight excluding hydrogens is 185 g/mol. The minimum absolute atomic E-state index is 0. The normalized spacial score (nSPS) is 11.3.